The van der Waals surface area contributed by atoms with Gasteiger partial charge in [-0.2, -0.15) is 0 Å². The van der Waals surface area contributed by atoms with Crippen LogP contribution in [0, 0.1) is 11.8 Å². The fourth-order valence-corrected chi connectivity index (χ4v) is 3.29. The van der Waals surface area contributed by atoms with Crippen molar-refractivity contribution in [3.63, 3.8) is 0 Å². The first-order valence-corrected chi connectivity index (χ1v) is 7.15. The molecule has 1 saturated heterocycles. The van der Waals surface area contributed by atoms with Crippen LogP contribution in [0.25, 0.3) is 0 Å². The highest BCUT2D eigenvalue weighted by molar-refractivity contribution is 6.32. The number of piperidine rings is 1. The molecule has 0 aromatic heterocycles. The summed E-state index contributed by atoms with van der Waals surface area (Å²) < 4.78 is 5.14. The molecule has 2 unspecified atom stereocenters. The van der Waals surface area contributed by atoms with Crippen molar-refractivity contribution < 1.29 is 9.84 Å². The van der Waals surface area contributed by atoms with Crippen LogP contribution in [0.5, 0.6) is 11.5 Å². The van der Waals surface area contributed by atoms with Gasteiger partial charge in [0, 0.05) is 19.6 Å². The SMILES string of the molecule is COc1cc(CN2CC(C)CC(C)C2)cc(Cl)c1O. The molecular formula is C15H22ClNO2. The van der Waals surface area contributed by atoms with E-state index in [0.717, 1.165) is 37.0 Å². The summed E-state index contributed by atoms with van der Waals surface area (Å²) in [6.45, 7) is 7.68. The van der Waals surface area contributed by atoms with Crippen molar-refractivity contribution in [1.29, 1.82) is 0 Å². The van der Waals surface area contributed by atoms with Crippen LogP contribution in [-0.4, -0.2) is 30.2 Å². The number of methoxy groups -OCH3 is 1. The molecule has 0 radical (unpaired) electrons. The normalized spacial score (nSPS) is 24.4. The van der Waals surface area contributed by atoms with E-state index in [1.807, 2.05) is 12.1 Å². The van der Waals surface area contributed by atoms with Gasteiger partial charge in [-0.1, -0.05) is 25.4 Å². The van der Waals surface area contributed by atoms with Crippen LogP contribution in [0.3, 0.4) is 0 Å². The third-order valence-corrected chi connectivity index (χ3v) is 3.95. The number of benzene rings is 1. The van der Waals surface area contributed by atoms with E-state index in [0.29, 0.717) is 10.8 Å². The van der Waals surface area contributed by atoms with Crippen molar-refractivity contribution in [3.05, 3.63) is 22.7 Å². The van der Waals surface area contributed by atoms with Crippen molar-refractivity contribution >= 4 is 11.6 Å². The maximum Gasteiger partial charge on any atom is 0.176 e. The molecule has 2 rings (SSSR count). The topological polar surface area (TPSA) is 32.7 Å². The van der Waals surface area contributed by atoms with Gasteiger partial charge in [-0.25, -0.2) is 0 Å². The Morgan fingerprint density at radius 1 is 1.32 bits per heavy atom. The van der Waals surface area contributed by atoms with Crippen molar-refractivity contribution in [3.8, 4) is 11.5 Å². The van der Waals surface area contributed by atoms with Gasteiger partial charge >= 0.3 is 0 Å². The van der Waals surface area contributed by atoms with Gasteiger partial charge in [0.2, 0.25) is 0 Å². The maximum atomic E-state index is 9.74. The lowest BCUT2D eigenvalue weighted by Crippen LogP contribution is -2.38. The van der Waals surface area contributed by atoms with E-state index < -0.39 is 0 Å². The quantitative estimate of drug-likeness (QED) is 0.921. The maximum absolute atomic E-state index is 9.74. The summed E-state index contributed by atoms with van der Waals surface area (Å²) in [7, 11) is 1.54. The molecule has 1 fully saturated rings. The molecule has 0 amide bonds. The Bertz CT molecular complexity index is 440. The van der Waals surface area contributed by atoms with E-state index in [1.165, 1.54) is 6.42 Å². The van der Waals surface area contributed by atoms with Crippen LogP contribution in [0.1, 0.15) is 25.8 Å². The van der Waals surface area contributed by atoms with E-state index in [1.54, 1.807) is 7.11 Å². The number of nitrogens with zero attached hydrogens (tertiary/aromatic N) is 1. The van der Waals surface area contributed by atoms with Crippen molar-refractivity contribution in [2.24, 2.45) is 11.8 Å². The molecule has 19 heavy (non-hydrogen) atoms. The van der Waals surface area contributed by atoms with Crippen molar-refractivity contribution in [1.82, 2.24) is 4.90 Å². The molecule has 1 aliphatic heterocycles. The van der Waals surface area contributed by atoms with Gasteiger partial charge in [0.1, 0.15) is 0 Å². The minimum Gasteiger partial charge on any atom is -0.503 e. The number of likely N-dealkylation sites (tertiary alicyclic amines) is 1. The van der Waals surface area contributed by atoms with Crippen LogP contribution in [0.4, 0.5) is 0 Å². The molecule has 1 aromatic carbocycles. The predicted molar refractivity (Wildman–Crippen MR) is 77.9 cm³/mol. The fraction of sp³-hybridized carbons (Fsp3) is 0.600. The lowest BCUT2D eigenvalue weighted by molar-refractivity contribution is 0.134. The number of halogens is 1. The fourth-order valence-electron chi connectivity index (χ4n) is 3.05. The Kier molecular flexibility index (Phi) is 4.58. The summed E-state index contributed by atoms with van der Waals surface area (Å²) in [5.74, 6) is 1.94. The second kappa shape index (κ2) is 6.02. The first-order valence-electron chi connectivity index (χ1n) is 6.77. The second-order valence-corrected chi connectivity index (χ2v) is 6.18. The molecule has 0 bridgehead atoms. The van der Waals surface area contributed by atoms with Gasteiger partial charge in [0.25, 0.3) is 0 Å². The summed E-state index contributed by atoms with van der Waals surface area (Å²) in [4.78, 5) is 2.45. The minimum atomic E-state index is 0.0216. The third-order valence-electron chi connectivity index (χ3n) is 3.66. The first-order chi connectivity index (χ1) is 8.99. The minimum absolute atomic E-state index is 0.0216. The molecule has 0 aliphatic carbocycles. The molecule has 0 saturated carbocycles. The van der Waals surface area contributed by atoms with E-state index in [-0.39, 0.29) is 5.75 Å². The van der Waals surface area contributed by atoms with Crippen LogP contribution in [0.15, 0.2) is 12.1 Å². The van der Waals surface area contributed by atoms with Gasteiger partial charge in [-0.05, 0) is 36.0 Å². The van der Waals surface area contributed by atoms with Crippen LogP contribution < -0.4 is 4.74 Å². The molecule has 1 aliphatic rings. The lowest BCUT2D eigenvalue weighted by Gasteiger charge is -2.35. The Labute approximate surface area is 120 Å². The number of rotatable bonds is 3. The highest BCUT2D eigenvalue weighted by Crippen LogP contribution is 2.35. The van der Waals surface area contributed by atoms with Gasteiger partial charge < -0.3 is 9.84 Å². The van der Waals surface area contributed by atoms with E-state index in [2.05, 4.69) is 18.7 Å². The lowest BCUT2D eigenvalue weighted by atomic mass is 9.91. The largest absolute Gasteiger partial charge is 0.503 e. The van der Waals surface area contributed by atoms with Crippen molar-refractivity contribution in [2.45, 2.75) is 26.8 Å². The average Bonchev–Trinajstić information content (AvgIpc) is 2.32. The number of ether oxygens (including phenoxy) is 1. The Hall–Kier alpha value is -0.930. The molecule has 1 aromatic rings. The van der Waals surface area contributed by atoms with E-state index in [9.17, 15) is 5.11 Å². The van der Waals surface area contributed by atoms with Crippen molar-refractivity contribution in [2.75, 3.05) is 20.2 Å². The zero-order valence-corrected chi connectivity index (χ0v) is 12.6. The van der Waals surface area contributed by atoms with E-state index >= 15 is 0 Å². The Balaban J connectivity index is 2.12. The summed E-state index contributed by atoms with van der Waals surface area (Å²) in [5, 5.41) is 10.1. The van der Waals surface area contributed by atoms with Crippen LogP contribution in [-0.2, 0) is 6.54 Å². The Morgan fingerprint density at radius 3 is 2.53 bits per heavy atom. The van der Waals surface area contributed by atoms with Gasteiger partial charge in [-0.3, -0.25) is 4.90 Å². The molecule has 3 nitrogen and oxygen atoms in total. The van der Waals surface area contributed by atoms with Crippen LogP contribution >= 0.6 is 11.6 Å². The monoisotopic (exact) mass is 283 g/mol. The summed E-state index contributed by atoms with van der Waals surface area (Å²) in [5.41, 5.74) is 1.08. The zero-order chi connectivity index (χ0) is 14.0. The van der Waals surface area contributed by atoms with E-state index in [4.69, 9.17) is 16.3 Å². The Morgan fingerprint density at radius 2 is 1.95 bits per heavy atom. The predicted octanol–water partition coefficient (Wildman–Crippen LogP) is 3.53. The summed E-state index contributed by atoms with van der Waals surface area (Å²) in [6.07, 6.45) is 1.30. The molecule has 4 heteroatoms. The highest BCUT2D eigenvalue weighted by atomic mass is 35.5. The number of aromatic hydroxyl groups is 1. The number of hydrogen-bond donors (Lipinski definition) is 1. The van der Waals surface area contributed by atoms with Gasteiger partial charge in [0.05, 0.1) is 12.1 Å². The number of phenols is 1. The summed E-state index contributed by atoms with van der Waals surface area (Å²) >= 11 is 6.02. The number of hydrogen-bond acceptors (Lipinski definition) is 3. The summed E-state index contributed by atoms with van der Waals surface area (Å²) in [6, 6.07) is 3.69. The molecule has 0 spiro atoms. The molecule has 1 heterocycles. The standard InChI is InChI=1S/C15H22ClNO2/c1-10-4-11(2)8-17(7-10)9-12-5-13(16)15(18)14(6-12)19-3/h5-6,10-11,18H,4,7-9H2,1-3H3. The number of phenolic OH excluding ortho intramolecular Hbond substituents is 1. The van der Waals surface area contributed by atoms with Crippen LogP contribution in [0.2, 0.25) is 5.02 Å². The third kappa shape index (κ3) is 3.54. The molecule has 106 valence electrons. The second-order valence-electron chi connectivity index (χ2n) is 5.77. The highest BCUT2D eigenvalue weighted by Gasteiger charge is 2.22. The first kappa shape index (κ1) is 14.5. The average molecular weight is 284 g/mol. The smallest absolute Gasteiger partial charge is 0.176 e. The molecular weight excluding hydrogens is 262 g/mol. The van der Waals surface area contributed by atoms with Gasteiger partial charge in [-0.15, -0.1) is 0 Å². The zero-order valence-electron chi connectivity index (χ0n) is 11.8. The molecule has 2 atom stereocenters. The molecule has 1 N–H and O–H groups in total. The van der Waals surface area contributed by atoms with Gasteiger partial charge in [0.15, 0.2) is 11.5 Å².